The predicted molar refractivity (Wildman–Crippen MR) is 78.4 cm³/mol. The number of hydrogen-bond donors (Lipinski definition) is 1. The fourth-order valence-corrected chi connectivity index (χ4v) is 1.88. The molecule has 2 rings (SSSR count). The number of carbonyl (C=O) groups excluding carboxylic acids is 1. The molecule has 0 aliphatic carbocycles. The Bertz CT molecular complexity index is 496. The van der Waals surface area contributed by atoms with Gasteiger partial charge >= 0.3 is 0 Å². The Balaban J connectivity index is 2.16. The van der Waals surface area contributed by atoms with Gasteiger partial charge in [0.2, 0.25) is 0 Å². The summed E-state index contributed by atoms with van der Waals surface area (Å²) < 4.78 is 11.5. The molecular weight excluding hydrogens is 254 g/mol. The van der Waals surface area contributed by atoms with Crippen molar-refractivity contribution in [2.75, 3.05) is 13.2 Å². The summed E-state index contributed by atoms with van der Waals surface area (Å²) in [7, 11) is 0. The van der Waals surface area contributed by atoms with Gasteiger partial charge in [0, 0.05) is 17.0 Å². The van der Waals surface area contributed by atoms with Crippen LogP contribution in [0.5, 0.6) is 11.5 Å². The zero-order valence-electron chi connectivity index (χ0n) is 12.7. The van der Waals surface area contributed by atoms with Crippen LogP contribution in [-0.2, 0) is 0 Å². The van der Waals surface area contributed by atoms with E-state index in [9.17, 15) is 4.79 Å². The second-order valence-electron chi connectivity index (χ2n) is 6.19. The third kappa shape index (κ3) is 3.44. The van der Waals surface area contributed by atoms with Crippen LogP contribution in [0.15, 0.2) is 18.2 Å². The summed E-state index contributed by atoms with van der Waals surface area (Å²) >= 11 is 0. The lowest BCUT2D eigenvalue weighted by Crippen LogP contribution is -2.31. The molecule has 0 saturated heterocycles. The van der Waals surface area contributed by atoms with E-state index in [1.54, 1.807) is 12.1 Å². The molecule has 4 nitrogen and oxygen atoms in total. The third-order valence-corrected chi connectivity index (χ3v) is 3.43. The molecule has 1 aliphatic heterocycles. The van der Waals surface area contributed by atoms with Crippen LogP contribution in [0, 0.1) is 5.41 Å². The van der Waals surface area contributed by atoms with Crippen molar-refractivity contribution in [3.05, 3.63) is 23.8 Å². The maximum Gasteiger partial charge on any atom is 0.251 e. The first-order valence-electron chi connectivity index (χ1n) is 7.12. The van der Waals surface area contributed by atoms with Crippen molar-refractivity contribution < 1.29 is 14.3 Å². The molecule has 1 aromatic carbocycles. The molecule has 0 saturated carbocycles. The Labute approximate surface area is 120 Å². The monoisotopic (exact) mass is 277 g/mol. The van der Waals surface area contributed by atoms with Crippen molar-refractivity contribution in [2.24, 2.45) is 5.41 Å². The first-order valence-corrected chi connectivity index (χ1v) is 7.12. The van der Waals surface area contributed by atoms with Gasteiger partial charge < -0.3 is 14.8 Å². The lowest BCUT2D eigenvalue weighted by molar-refractivity contribution is 0.0938. The number of hydrogen-bond acceptors (Lipinski definition) is 3. The third-order valence-electron chi connectivity index (χ3n) is 3.43. The van der Waals surface area contributed by atoms with E-state index in [0.717, 1.165) is 6.42 Å². The standard InChI is InChI=1S/C16H23NO3/c1-5-11(2)17-15(18)12-6-7-13-14(8-12)20-10-16(3,4)9-19-13/h6-8,11H,5,9-10H2,1-4H3,(H,17,18)/t11-/m1/s1. The summed E-state index contributed by atoms with van der Waals surface area (Å²) in [4.78, 5) is 12.1. The summed E-state index contributed by atoms with van der Waals surface area (Å²) in [6.07, 6.45) is 0.907. The van der Waals surface area contributed by atoms with Crippen molar-refractivity contribution >= 4 is 5.91 Å². The van der Waals surface area contributed by atoms with Crippen LogP contribution in [-0.4, -0.2) is 25.2 Å². The molecule has 0 aromatic heterocycles. The molecule has 0 radical (unpaired) electrons. The van der Waals surface area contributed by atoms with Crippen molar-refractivity contribution in [1.29, 1.82) is 0 Å². The van der Waals surface area contributed by atoms with E-state index in [4.69, 9.17) is 9.47 Å². The minimum Gasteiger partial charge on any atom is -0.489 e. The minimum atomic E-state index is -0.0748. The van der Waals surface area contributed by atoms with Crippen LogP contribution in [0.3, 0.4) is 0 Å². The summed E-state index contributed by atoms with van der Waals surface area (Å²) in [6, 6.07) is 5.51. The molecule has 1 amide bonds. The van der Waals surface area contributed by atoms with E-state index in [0.29, 0.717) is 30.3 Å². The Morgan fingerprint density at radius 1 is 1.30 bits per heavy atom. The van der Waals surface area contributed by atoms with Crippen LogP contribution in [0.25, 0.3) is 0 Å². The van der Waals surface area contributed by atoms with Crippen molar-refractivity contribution in [1.82, 2.24) is 5.32 Å². The van der Waals surface area contributed by atoms with Gasteiger partial charge in [0.25, 0.3) is 5.91 Å². The largest absolute Gasteiger partial charge is 0.489 e. The molecule has 1 aliphatic rings. The Morgan fingerprint density at radius 2 is 1.95 bits per heavy atom. The van der Waals surface area contributed by atoms with Gasteiger partial charge in [-0.25, -0.2) is 0 Å². The van der Waals surface area contributed by atoms with E-state index in [2.05, 4.69) is 19.2 Å². The molecule has 110 valence electrons. The SMILES string of the molecule is CC[C@@H](C)NC(=O)c1ccc2c(c1)OCC(C)(C)CO2. The van der Waals surface area contributed by atoms with Crippen LogP contribution in [0.4, 0.5) is 0 Å². The normalized spacial score (nSPS) is 18.0. The van der Waals surface area contributed by atoms with Crippen LogP contribution in [0.2, 0.25) is 0 Å². The quantitative estimate of drug-likeness (QED) is 0.924. The highest BCUT2D eigenvalue weighted by Crippen LogP contribution is 2.34. The second kappa shape index (κ2) is 5.73. The smallest absolute Gasteiger partial charge is 0.251 e. The Morgan fingerprint density at radius 3 is 2.60 bits per heavy atom. The van der Waals surface area contributed by atoms with Crippen molar-refractivity contribution in [3.8, 4) is 11.5 Å². The first-order chi connectivity index (χ1) is 9.41. The summed E-state index contributed by atoms with van der Waals surface area (Å²) in [5.74, 6) is 1.28. The number of benzene rings is 1. The van der Waals surface area contributed by atoms with Crippen LogP contribution in [0.1, 0.15) is 44.5 Å². The average Bonchev–Trinajstić information content (AvgIpc) is 2.57. The van der Waals surface area contributed by atoms with E-state index in [1.807, 2.05) is 19.9 Å². The predicted octanol–water partition coefficient (Wildman–Crippen LogP) is 3.01. The van der Waals surface area contributed by atoms with Gasteiger partial charge in [-0.2, -0.15) is 0 Å². The zero-order chi connectivity index (χ0) is 14.8. The van der Waals surface area contributed by atoms with E-state index in [-0.39, 0.29) is 17.4 Å². The Hall–Kier alpha value is -1.71. The van der Waals surface area contributed by atoms with Gasteiger partial charge in [0.15, 0.2) is 11.5 Å². The van der Waals surface area contributed by atoms with Crippen LogP contribution >= 0.6 is 0 Å². The fraction of sp³-hybridized carbons (Fsp3) is 0.562. The lowest BCUT2D eigenvalue weighted by atomic mass is 9.97. The molecule has 4 heteroatoms. The van der Waals surface area contributed by atoms with Gasteiger partial charge in [-0.1, -0.05) is 20.8 Å². The summed E-state index contributed by atoms with van der Waals surface area (Å²) in [6.45, 7) is 9.41. The molecule has 0 unspecified atom stereocenters. The highest BCUT2D eigenvalue weighted by molar-refractivity contribution is 5.95. The van der Waals surface area contributed by atoms with Crippen molar-refractivity contribution in [3.63, 3.8) is 0 Å². The molecule has 1 heterocycles. The summed E-state index contributed by atoms with van der Waals surface area (Å²) in [5.41, 5.74) is 0.574. The molecule has 1 N–H and O–H groups in total. The highest BCUT2D eigenvalue weighted by Gasteiger charge is 2.25. The summed E-state index contributed by atoms with van der Waals surface area (Å²) in [5, 5.41) is 2.95. The maximum absolute atomic E-state index is 12.1. The highest BCUT2D eigenvalue weighted by atomic mass is 16.5. The molecule has 1 aromatic rings. The van der Waals surface area contributed by atoms with Gasteiger partial charge in [-0.3, -0.25) is 4.79 Å². The van der Waals surface area contributed by atoms with Crippen molar-refractivity contribution in [2.45, 2.75) is 40.2 Å². The molecular formula is C16H23NO3. The maximum atomic E-state index is 12.1. The number of ether oxygens (including phenoxy) is 2. The van der Waals surface area contributed by atoms with E-state index in [1.165, 1.54) is 0 Å². The van der Waals surface area contributed by atoms with Gasteiger partial charge in [0.1, 0.15) is 0 Å². The van der Waals surface area contributed by atoms with Gasteiger partial charge in [-0.05, 0) is 31.5 Å². The Kier molecular flexibility index (Phi) is 4.21. The topological polar surface area (TPSA) is 47.6 Å². The van der Waals surface area contributed by atoms with Gasteiger partial charge in [0.05, 0.1) is 13.2 Å². The number of rotatable bonds is 3. The minimum absolute atomic E-state index is 0.0296. The van der Waals surface area contributed by atoms with E-state index >= 15 is 0 Å². The van der Waals surface area contributed by atoms with Crippen LogP contribution < -0.4 is 14.8 Å². The number of amides is 1. The van der Waals surface area contributed by atoms with E-state index < -0.39 is 0 Å². The average molecular weight is 277 g/mol. The molecule has 0 spiro atoms. The fourth-order valence-electron chi connectivity index (χ4n) is 1.88. The number of nitrogens with one attached hydrogen (secondary N) is 1. The first kappa shape index (κ1) is 14.7. The second-order valence-corrected chi connectivity index (χ2v) is 6.19. The molecule has 0 fully saturated rings. The zero-order valence-corrected chi connectivity index (χ0v) is 12.7. The number of fused-ring (bicyclic) bond motifs is 1. The lowest BCUT2D eigenvalue weighted by Gasteiger charge is -2.19. The molecule has 1 atom stereocenters. The molecule has 0 bridgehead atoms. The van der Waals surface area contributed by atoms with Gasteiger partial charge in [-0.15, -0.1) is 0 Å². The molecule has 20 heavy (non-hydrogen) atoms. The number of carbonyl (C=O) groups is 1.